The summed E-state index contributed by atoms with van der Waals surface area (Å²) in [5.41, 5.74) is 0. The first-order valence-electron chi connectivity index (χ1n) is 6.01. The maximum atomic E-state index is 12.2. The number of nitrogens with zero attached hydrogens (tertiary/aromatic N) is 1. The van der Waals surface area contributed by atoms with Crippen LogP contribution in [0.5, 0.6) is 0 Å². The van der Waals surface area contributed by atoms with Crippen LogP contribution < -0.4 is 5.32 Å². The first-order chi connectivity index (χ1) is 8.25. The largest absolute Gasteiger partial charge is 0.458 e. The number of likely N-dealkylation sites (tertiary alicyclic amines) is 1. The molecule has 5 heteroatoms. The first-order valence-corrected chi connectivity index (χ1v) is 6.39. The molecule has 1 aromatic rings. The molecule has 92 valence electrons. The van der Waals surface area contributed by atoms with Crippen LogP contribution in [0.15, 0.2) is 16.7 Å². The van der Waals surface area contributed by atoms with E-state index in [1.54, 1.807) is 6.07 Å². The van der Waals surface area contributed by atoms with Crippen molar-refractivity contribution < 1.29 is 9.21 Å². The van der Waals surface area contributed by atoms with Crippen LogP contribution in [0.2, 0.25) is 5.02 Å². The van der Waals surface area contributed by atoms with Gasteiger partial charge in [-0.2, -0.15) is 0 Å². The van der Waals surface area contributed by atoms with E-state index in [0.717, 1.165) is 32.5 Å². The lowest BCUT2D eigenvalue weighted by molar-refractivity contribution is 0.0630. The Morgan fingerprint density at radius 3 is 3.18 bits per heavy atom. The Bertz CT molecular complexity index is 432. The Morgan fingerprint density at radius 2 is 2.41 bits per heavy atom. The van der Waals surface area contributed by atoms with E-state index in [1.165, 1.54) is 6.26 Å². The highest BCUT2D eigenvalue weighted by molar-refractivity contribution is 6.33. The van der Waals surface area contributed by atoms with Crippen molar-refractivity contribution in [3.63, 3.8) is 0 Å². The molecule has 2 atom stereocenters. The van der Waals surface area contributed by atoms with Crippen molar-refractivity contribution in [2.45, 2.75) is 18.9 Å². The van der Waals surface area contributed by atoms with Gasteiger partial charge in [-0.25, -0.2) is 0 Å². The van der Waals surface area contributed by atoms with E-state index in [9.17, 15) is 4.79 Å². The normalized spacial score (nSPS) is 28.2. The standard InChI is InChI=1S/C12H15ClN2O2/c13-9-3-6-17-11(9)12(16)15-5-2-10-8(7-15)1-4-14-10/h3,6,8,10,14H,1-2,4-5,7H2. The molecule has 17 heavy (non-hydrogen) atoms. The molecule has 2 aliphatic rings. The van der Waals surface area contributed by atoms with Gasteiger partial charge in [-0.15, -0.1) is 0 Å². The highest BCUT2D eigenvalue weighted by Gasteiger charge is 2.35. The number of hydrogen-bond acceptors (Lipinski definition) is 3. The van der Waals surface area contributed by atoms with Crippen molar-refractivity contribution in [2.75, 3.05) is 19.6 Å². The number of nitrogens with one attached hydrogen (secondary N) is 1. The zero-order chi connectivity index (χ0) is 11.8. The van der Waals surface area contributed by atoms with Crippen molar-refractivity contribution in [2.24, 2.45) is 5.92 Å². The van der Waals surface area contributed by atoms with Gasteiger partial charge in [0.2, 0.25) is 5.76 Å². The van der Waals surface area contributed by atoms with Crippen molar-refractivity contribution in [3.05, 3.63) is 23.1 Å². The molecule has 0 saturated carbocycles. The number of piperidine rings is 1. The molecular formula is C12H15ClN2O2. The number of amides is 1. The number of carbonyl (C=O) groups excluding carboxylic acids is 1. The van der Waals surface area contributed by atoms with Crippen molar-refractivity contribution in [1.29, 1.82) is 0 Å². The van der Waals surface area contributed by atoms with Gasteiger partial charge in [-0.3, -0.25) is 4.79 Å². The Kier molecular flexibility index (Phi) is 2.84. The van der Waals surface area contributed by atoms with Crippen molar-refractivity contribution in [3.8, 4) is 0 Å². The van der Waals surface area contributed by atoms with Crippen LogP contribution >= 0.6 is 11.6 Å². The number of carbonyl (C=O) groups is 1. The van der Waals surface area contributed by atoms with Gasteiger partial charge < -0.3 is 14.6 Å². The molecule has 2 fully saturated rings. The van der Waals surface area contributed by atoms with Crippen molar-refractivity contribution in [1.82, 2.24) is 10.2 Å². The van der Waals surface area contributed by atoms with Gasteiger partial charge >= 0.3 is 0 Å². The van der Waals surface area contributed by atoms with Crippen molar-refractivity contribution >= 4 is 17.5 Å². The molecule has 4 nitrogen and oxygen atoms in total. The highest BCUT2D eigenvalue weighted by atomic mass is 35.5. The summed E-state index contributed by atoms with van der Waals surface area (Å²) in [7, 11) is 0. The second-order valence-electron chi connectivity index (χ2n) is 4.75. The second-order valence-corrected chi connectivity index (χ2v) is 5.15. The predicted molar refractivity (Wildman–Crippen MR) is 64.1 cm³/mol. The van der Waals surface area contributed by atoms with Crippen LogP contribution in [0, 0.1) is 5.92 Å². The van der Waals surface area contributed by atoms with Crippen LogP contribution in [-0.2, 0) is 0 Å². The molecule has 1 N–H and O–H groups in total. The lowest BCUT2D eigenvalue weighted by Crippen LogP contribution is -2.46. The molecule has 3 heterocycles. The average Bonchev–Trinajstić information content (AvgIpc) is 2.95. The van der Waals surface area contributed by atoms with Gasteiger partial charge in [0, 0.05) is 19.1 Å². The minimum atomic E-state index is -0.0784. The van der Waals surface area contributed by atoms with Gasteiger partial charge in [0.25, 0.3) is 5.91 Å². The zero-order valence-corrected chi connectivity index (χ0v) is 10.2. The fraction of sp³-hybridized carbons (Fsp3) is 0.583. The summed E-state index contributed by atoms with van der Waals surface area (Å²) in [6, 6.07) is 2.20. The zero-order valence-electron chi connectivity index (χ0n) is 9.49. The van der Waals surface area contributed by atoms with Crippen LogP contribution in [0.3, 0.4) is 0 Å². The van der Waals surface area contributed by atoms with Crippen LogP contribution in [0.4, 0.5) is 0 Å². The summed E-state index contributed by atoms with van der Waals surface area (Å²) in [4.78, 5) is 14.1. The van der Waals surface area contributed by atoms with E-state index in [2.05, 4.69) is 5.32 Å². The minimum absolute atomic E-state index is 0.0784. The topological polar surface area (TPSA) is 45.5 Å². The number of halogens is 1. The third kappa shape index (κ3) is 1.96. The van der Waals surface area contributed by atoms with E-state index >= 15 is 0 Å². The average molecular weight is 255 g/mol. The molecule has 0 aliphatic carbocycles. The van der Waals surface area contributed by atoms with Crippen LogP contribution in [-0.4, -0.2) is 36.5 Å². The van der Waals surface area contributed by atoms with E-state index in [4.69, 9.17) is 16.0 Å². The molecule has 2 aliphatic heterocycles. The van der Waals surface area contributed by atoms with E-state index < -0.39 is 0 Å². The Hall–Kier alpha value is -1.00. The van der Waals surface area contributed by atoms with E-state index in [1.807, 2.05) is 4.90 Å². The summed E-state index contributed by atoms with van der Waals surface area (Å²) >= 11 is 5.91. The van der Waals surface area contributed by atoms with E-state index in [-0.39, 0.29) is 11.7 Å². The first kappa shape index (κ1) is 11.1. The fourth-order valence-electron chi connectivity index (χ4n) is 2.82. The molecule has 0 spiro atoms. The van der Waals surface area contributed by atoms with Gasteiger partial charge in [0.1, 0.15) is 0 Å². The maximum absolute atomic E-state index is 12.2. The monoisotopic (exact) mass is 254 g/mol. The summed E-state index contributed by atoms with van der Waals surface area (Å²) in [6.07, 6.45) is 3.63. The molecule has 0 bridgehead atoms. The summed E-state index contributed by atoms with van der Waals surface area (Å²) in [5.74, 6) is 0.780. The van der Waals surface area contributed by atoms with E-state index in [0.29, 0.717) is 17.0 Å². The fourth-order valence-corrected chi connectivity index (χ4v) is 3.00. The summed E-state index contributed by atoms with van der Waals surface area (Å²) in [6.45, 7) is 2.66. The molecular weight excluding hydrogens is 240 g/mol. The molecule has 0 aromatic carbocycles. The third-order valence-electron chi connectivity index (χ3n) is 3.75. The number of hydrogen-bond donors (Lipinski definition) is 1. The Labute approximate surface area is 105 Å². The Balaban J connectivity index is 1.73. The second kappa shape index (κ2) is 4.35. The number of rotatable bonds is 1. The SMILES string of the molecule is O=C(c1occc1Cl)N1CCC2NCCC2C1. The number of fused-ring (bicyclic) bond motifs is 1. The molecule has 3 rings (SSSR count). The smallest absolute Gasteiger partial charge is 0.291 e. The minimum Gasteiger partial charge on any atom is -0.458 e. The third-order valence-corrected chi connectivity index (χ3v) is 4.05. The summed E-state index contributed by atoms with van der Waals surface area (Å²) in [5, 5.41) is 3.88. The lowest BCUT2D eigenvalue weighted by Gasteiger charge is -2.34. The number of furan rings is 1. The maximum Gasteiger partial charge on any atom is 0.291 e. The molecule has 1 amide bonds. The van der Waals surface area contributed by atoms with Gasteiger partial charge in [-0.1, -0.05) is 11.6 Å². The molecule has 0 radical (unpaired) electrons. The lowest BCUT2D eigenvalue weighted by atomic mass is 9.93. The molecule has 2 saturated heterocycles. The quantitative estimate of drug-likeness (QED) is 0.831. The van der Waals surface area contributed by atoms with Gasteiger partial charge in [-0.05, 0) is 31.4 Å². The summed E-state index contributed by atoms with van der Waals surface area (Å²) < 4.78 is 5.15. The predicted octanol–water partition coefficient (Wildman–Crippen LogP) is 1.76. The van der Waals surface area contributed by atoms with Gasteiger partial charge in [0.05, 0.1) is 11.3 Å². The van der Waals surface area contributed by atoms with Gasteiger partial charge in [0.15, 0.2) is 0 Å². The van der Waals surface area contributed by atoms with Crippen LogP contribution in [0.1, 0.15) is 23.4 Å². The molecule has 1 aromatic heterocycles. The van der Waals surface area contributed by atoms with Crippen LogP contribution in [0.25, 0.3) is 0 Å². The highest BCUT2D eigenvalue weighted by Crippen LogP contribution is 2.27. The molecule has 2 unspecified atom stereocenters. The Morgan fingerprint density at radius 1 is 1.53 bits per heavy atom.